The van der Waals surface area contributed by atoms with Crippen molar-refractivity contribution >= 4 is 34.6 Å². The number of halogens is 1. The molecule has 2 aromatic carbocycles. The molecule has 26 heavy (non-hydrogen) atoms. The highest BCUT2D eigenvalue weighted by molar-refractivity contribution is 9.11. The van der Waals surface area contributed by atoms with Crippen LogP contribution in [0, 0.1) is 0 Å². The number of benzene rings is 2. The molecule has 2 aromatic rings. The van der Waals surface area contributed by atoms with E-state index in [-0.39, 0.29) is 11.1 Å². The summed E-state index contributed by atoms with van der Waals surface area (Å²) in [6.45, 7) is 8.83. The van der Waals surface area contributed by atoms with E-state index in [4.69, 9.17) is 4.43 Å². The lowest BCUT2D eigenvalue weighted by atomic mass is 10.2. The molecule has 0 fully saturated rings. The van der Waals surface area contributed by atoms with Crippen LogP contribution in [0.15, 0.2) is 71.2 Å². The molecule has 0 radical (unpaired) electrons. The summed E-state index contributed by atoms with van der Waals surface area (Å²) < 4.78 is 8.35. The molecule has 1 aliphatic heterocycles. The van der Waals surface area contributed by atoms with Crippen LogP contribution in [0.5, 0.6) is 0 Å². The average Bonchev–Trinajstić information content (AvgIpc) is 2.59. The second-order valence-electron chi connectivity index (χ2n) is 8.13. The van der Waals surface area contributed by atoms with Crippen molar-refractivity contribution in [1.29, 1.82) is 0 Å². The fraction of sp³-hybridized carbons (Fsp3) is 0.364. The SMILES string of the molecule is CN1CC(Br)=CC(O[Si](c2ccccc2)(c2ccccc2)C(C)(C)C)C1. The molecular formula is C22H28BrNOSi. The molecule has 0 aromatic heterocycles. The predicted molar refractivity (Wildman–Crippen MR) is 117 cm³/mol. The minimum absolute atomic E-state index is 0.00599. The van der Waals surface area contributed by atoms with Crippen LogP contribution in [0.3, 0.4) is 0 Å². The summed E-state index contributed by atoms with van der Waals surface area (Å²) in [6, 6.07) is 21.7. The van der Waals surface area contributed by atoms with E-state index in [2.05, 4.69) is 115 Å². The summed E-state index contributed by atoms with van der Waals surface area (Å²) in [7, 11) is -0.339. The van der Waals surface area contributed by atoms with Gasteiger partial charge >= 0.3 is 0 Å². The van der Waals surface area contributed by atoms with E-state index in [0.29, 0.717) is 0 Å². The van der Waals surface area contributed by atoms with E-state index in [1.54, 1.807) is 0 Å². The van der Waals surface area contributed by atoms with Crippen molar-refractivity contribution in [3.8, 4) is 0 Å². The highest BCUT2D eigenvalue weighted by atomic mass is 79.9. The van der Waals surface area contributed by atoms with Crippen molar-refractivity contribution in [3.05, 3.63) is 71.2 Å². The maximum atomic E-state index is 7.15. The number of likely N-dealkylation sites (N-methyl/N-ethyl adjacent to an activating group) is 1. The van der Waals surface area contributed by atoms with Crippen LogP contribution in [-0.4, -0.2) is 39.5 Å². The standard InChI is InChI=1S/C22H28BrNOSi/c1-22(2,3)26(20-11-7-5-8-12-20,21-13-9-6-10-14-21)25-19-15-18(23)16-24(4)17-19/h5-15,19H,16-17H2,1-4H3. The van der Waals surface area contributed by atoms with E-state index >= 15 is 0 Å². The van der Waals surface area contributed by atoms with E-state index in [1.807, 2.05) is 0 Å². The van der Waals surface area contributed by atoms with Gasteiger partial charge in [-0.2, -0.15) is 0 Å². The van der Waals surface area contributed by atoms with Gasteiger partial charge in [-0.1, -0.05) is 97.4 Å². The fourth-order valence-electron chi connectivity index (χ4n) is 3.93. The zero-order chi connectivity index (χ0) is 18.8. The van der Waals surface area contributed by atoms with Crippen molar-refractivity contribution in [2.45, 2.75) is 31.9 Å². The fourth-order valence-corrected chi connectivity index (χ4v) is 9.26. The molecule has 0 aliphatic carbocycles. The van der Waals surface area contributed by atoms with E-state index in [0.717, 1.165) is 13.1 Å². The zero-order valence-corrected chi connectivity index (χ0v) is 18.7. The largest absolute Gasteiger partial charge is 0.400 e. The third kappa shape index (κ3) is 3.89. The number of hydrogen-bond donors (Lipinski definition) is 0. The van der Waals surface area contributed by atoms with Gasteiger partial charge in [-0.15, -0.1) is 0 Å². The Labute approximate surface area is 167 Å². The Balaban J connectivity index is 2.16. The van der Waals surface area contributed by atoms with Gasteiger partial charge in [-0.25, -0.2) is 0 Å². The molecule has 0 spiro atoms. The molecule has 3 rings (SSSR count). The number of nitrogens with zero attached hydrogens (tertiary/aromatic N) is 1. The van der Waals surface area contributed by atoms with Gasteiger partial charge in [0.15, 0.2) is 0 Å². The van der Waals surface area contributed by atoms with Gasteiger partial charge in [0.25, 0.3) is 8.32 Å². The average molecular weight is 430 g/mol. The molecule has 1 aliphatic rings. The Morgan fingerprint density at radius 1 is 0.962 bits per heavy atom. The molecule has 138 valence electrons. The molecule has 0 saturated heterocycles. The number of hydrogen-bond acceptors (Lipinski definition) is 2. The van der Waals surface area contributed by atoms with Crippen LogP contribution in [0.4, 0.5) is 0 Å². The molecule has 0 N–H and O–H groups in total. The monoisotopic (exact) mass is 429 g/mol. The normalized spacial score (nSPS) is 19.3. The summed E-state index contributed by atoms with van der Waals surface area (Å²) in [5, 5.41) is 2.67. The first-order chi connectivity index (χ1) is 12.3. The quantitative estimate of drug-likeness (QED) is 0.676. The summed E-state index contributed by atoms with van der Waals surface area (Å²) in [6.07, 6.45) is 2.33. The van der Waals surface area contributed by atoms with Gasteiger partial charge in [0.2, 0.25) is 0 Å². The van der Waals surface area contributed by atoms with Crippen LogP contribution >= 0.6 is 15.9 Å². The van der Waals surface area contributed by atoms with Crippen LogP contribution < -0.4 is 10.4 Å². The van der Waals surface area contributed by atoms with Crippen molar-refractivity contribution in [3.63, 3.8) is 0 Å². The Bertz CT molecular complexity index is 715. The Kier molecular flexibility index (Phi) is 5.87. The molecule has 0 saturated carbocycles. The summed E-state index contributed by atoms with van der Waals surface area (Å²) in [4.78, 5) is 2.31. The second kappa shape index (κ2) is 7.81. The topological polar surface area (TPSA) is 12.5 Å². The molecule has 2 nitrogen and oxygen atoms in total. The zero-order valence-electron chi connectivity index (χ0n) is 16.1. The van der Waals surface area contributed by atoms with Crippen LogP contribution in [-0.2, 0) is 4.43 Å². The van der Waals surface area contributed by atoms with Gasteiger partial charge in [0, 0.05) is 17.6 Å². The van der Waals surface area contributed by atoms with Gasteiger partial charge in [-0.05, 0) is 28.5 Å². The van der Waals surface area contributed by atoms with Crippen LogP contribution in [0.1, 0.15) is 20.8 Å². The van der Waals surface area contributed by atoms with Crippen molar-refractivity contribution in [2.24, 2.45) is 0 Å². The Morgan fingerprint density at radius 2 is 1.46 bits per heavy atom. The summed E-state index contributed by atoms with van der Waals surface area (Å²) in [5.74, 6) is 0. The highest BCUT2D eigenvalue weighted by Gasteiger charge is 2.51. The maximum Gasteiger partial charge on any atom is 0.261 e. The third-order valence-electron chi connectivity index (χ3n) is 5.02. The van der Waals surface area contributed by atoms with Gasteiger partial charge in [0.05, 0.1) is 6.10 Å². The van der Waals surface area contributed by atoms with E-state index < -0.39 is 8.32 Å². The molecule has 4 heteroatoms. The van der Waals surface area contributed by atoms with Gasteiger partial charge in [0.1, 0.15) is 0 Å². The summed E-state index contributed by atoms with van der Waals surface area (Å²) >= 11 is 3.69. The lowest BCUT2D eigenvalue weighted by molar-refractivity contribution is 0.170. The number of rotatable bonds is 4. The predicted octanol–water partition coefficient (Wildman–Crippen LogP) is 4.16. The van der Waals surface area contributed by atoms with E-state index in [9.17, 15) is 0 Å². The first-order valence-electron chi connectivity index (χ1n) is 9.16. The molecule has 0 bridgehead atoms. The third-order valence-corrected chi connectivity index (χ3v) is 10.6. The maximum absolute atomic E-state index is 7.15. The van der Waals surface area contributed by atoms with Crippen molar-refractivity contribution in [2.75, 3.05) is 20.1 Å². The van der Waals surface area contributed by atoms with E-state index in [1.165, 1.54) is 14.9 Å². The molecule has 0 amide bonds. The molecule has 1 unspecified atom stereocenters. The lowest BCUT2D eigenvalue weighted by Crippen LogP contribution is -2.68. The van der Waals surface area contributed by atoms with Crippen molar-refractivity contribution < 1.29 is 4.43 Å². The first kappa shape index (κ1) is 19.6. The minimum Gasteiger partial charge on any atom is -0.400 e. The van der Waals surface area contributed by atoms with Crippen molar-refractivity contribution in [1.82, 2.24) is 4.90 Å². The minimum atomic E-state index is -2.49. The lowest BCUT2D eigenvalue weighted by Gasteiger charge is -2.45. The van der Waals surface area contributed by atoms with Crippen LogP contribution in [0.25, 0.3) is 0 Å². The smallest absolute Gasteiger partial charge is 0.261 e. The Hall–Kier alpha value is -1.20. The molecule has 1 heterocycles. The summed E-state index contributed by atoms with van der Waals surface area (Å²) in [5.41, 5.74) is 0. The highest BCUT2D eigenvalue weighted by Crippen LogP contribution is 2.38. The molecular weight excluding hydrogens is 402 g/mol. The van der Waals surface area contributed by atoms with Gasteiger partial charge in [-0.3, -0.25) is 4.90 Å². The first-order valence-corrected chi connectivity index (χ1v) is 11.9. The Morgan fingerprint density at radius 3 is 1.88 bits per heavy atom. The van der Waals surface area contributed by atoms with Gasteiger partial charge < -0.3 is 4.43 Å². The van der Waals surface area contributed by atoms with Crippen LogP contribution in [0.2, 0.25) is 5.04 Å². The second-order valence-corrected chi connectivity index (χ2v) is 13.4. The molecule has 1 atom stereocenters.